The van der Waals surface area contributed by atoms with Crippen molar-refractivity contribution in [2.24, 2.45) is 0 Å². The fraction of sp³-hybridized carbons (Fsp3) is 0.150. The zero-order chi connectivity index (χ0) is 19.4. The number of aryl methyl sites for hydroxylation is 1. The molecule has 0 fully saturated rings. The van der Waals surface area contributed by atoms with Gasteiger partial charge in [0.2, 0.25) is 0 Å². The van der Waals surface area contributed by atoms with E-state index >= 15 is 0 Å². The third-order valence-corrected chi connectivity index (χ3v) is 4.23. The monoisotopic (exact) mass is 381 g/mol. The average molecular weight is 382 g/mol. The third-order valence-electron chi connectivity index (χ3n) is 3.99. The van der Waals surface area contributed by atoms with E-state index in [4.69, 9.17) is 11.6 Å². The number of carbonyl (C=O) groups excluding carboxylic acids is 1. The zero-order valence-electron chi connectivity index (χ0n) is 15.3. The molecule has 3 aromatic rings. The molecule has 1 amide bonds. The van der Waals surface area contributed by atoms with Crippen molar-refractivity contribution in [3.8, 4) is 0 Å². The van der Waals surface area contributed by atoms with E-state index in [0.717, 1.165) is 16.9 Å². The van der Waals surface area contributed by atoms with Crippen LogP contribution in [0.4, 0.5) is 22.9 Å². The largest absolute Gasteiger partial charge is 0.378 e. The summed E-state index contributed by atoms with van der Waals surface area (Å²) in [7, 11) is 3.97. The first-order valence-corrected chi connectivity index (χ1v) is 8.74. The molecule has 0 aliphatic rings. The van der Waals surface area contributed by atoms with Gasteiger partial charge in [-0.3, -0.25) is 4.79 Å². The number of nitrogens with one attached hydrogen (secondary N) is 2. The molecule has 0 saturated carbocycles. The second kappa shape index (κ2) is 8.05. The average Bonchev–Trinajstić information content (AvgIpc) is 2.64. The van der Waals surface area contributed by atoms with Gasteiger partial charge in [0, 0.05) is 42.2 Å². The summed E-state index contributed by atoms with van der Waals surface area (Å²) in [4.78, 5) is 22.8. The van der Waals surface area contributed by atoms with E-state index in [1.807, 2.05) is 50.2 Å². The lowest BCUT2D eigenvalue weighted by atomic mass is 10.2. The molecule has 0 atom stereocenters. The van der Waals surface area contributed by atoms with Crippen molar-refractivity contribution in [3.63, 3.8) is 0 Å². The number of benzene rings is 2. The van der Waals surface area contributed by atoms with Crippen LogP contribution in [0.15, 0.2) is 54.9 Å². The number of halogens is 1. The predicted molar refractivity (Wildman–Crippen MR) is 110 cm³/mol. The SMILES string of the molecule is Cc1cc(Cl)ccc1NC(=O)c1cc(Nc2ccc(N(C)C)cc2)ncn1. The van der Waals surface area contributed by atoms with Crippen LogP contribution in [0.5, 0.6) is 0 Å². The Bertz CT molecular complexity index is 957. The van der Waals surface area contributed by atoms with Crippen LogP contribution in [0.25, 0.3) is 0 Å². The van der Waals surface area contributed by atoms with Gasteiger partial charge in [-0.2, -0.15) is 0 Å². The van der Waals surface area contributed by atoms with Crippen molar-refractivity contribution in [2.45, 2.75) is 6.92 Å². The Morgan fingerprint density at radius 2 is 1.78 bits per heavy atom. The molecule has 2 N–H and O–H groups in total. The lowest BCUT2D eigenvalue weighted by Gasteiger charge is -2.13. The van der Waals surface area contributed by atoms with Gasteiger partial charge in [-0.25, -0.2) is 9.97 Å². The van der Waals surface area contributed by atoms with Gasteiger partial charge in [-0.15, -0.1) is 0 Å². The summed E-state index contributed by atoms with van der Waals surface area (Å²) >= 11 is 5.95. The van der Waals surface area contributed by atoms with Crippen LogP contribution >= 0.6 is 11.6 Å². The summed E-state index contributed by atoms with van der Waals surface area (Å²) in [5.41, 5.74) is 3.81. The smallest absolute Gasteiger partial charge is 0.274 e. The van der Waals surface area contributed by atoms with Gasteiger partial charge in [-0.05, 0) is 55.0 Å². The molecule has 6 nitrogen and oxygen atoms in total. The van der Waals surface area contributed by atoms with Crippen LogP contribution < -0.4 is 15.5 Å². The molecule has 1 heterocycles. The molecule has 0 saturated heterocycles. The first kappa shape index (κ1) is 18.7. The molecule has 0 aliphatic heterocycles. The van der Waals surface area contributed by atoms with Crippen molar-refractivity contribution in [1.29, 1.82) is 0 Å². The minimum atomic E-state index is -0.311. The quantitative estimate of drug-likeness (QED) is 0.680. The maximum atomic E-state index is 12.5. The van der Waals surface area contributed by atoms with Gasteiger partial charge >= 0.3 is 0 Å². The number of anilines is 4. The Labute approximate surface area is 163 Å². The third kappa shape index (κ3) is 4.74. The second-order valence-corrected chi connectivity index (χ2v) is 6.70. The molecular weight excluding hydrogens is 362 g/mol. The molecule has 7 heteroatoms. The molecule has 27 heavy (non-hydrogen) atoms. The normalized spacial score (nSPS) is 10.4. The van der Waals surface area contributed by atoms with Crippen LogP contribution in [0, 0.1) is 6.92 Å². The number of amides is 1. The number of aromatic nitrogens is 2. The highest BCUT2D eigenvalue weighted by molar-refractivity contribution is 6.30. The Morgan fingerprint density at radius 3 is 2.44 bits per heavy atom. The topological polar surface area (TPSA) is 70.2 Å². The standard InChI is InChI=1S/C20H20ClN5O/c1-13-10-14(21)4-9-17(13)25-20(27)18-11-19(23-12-22-18)24-15-5-7-16(8-6-15)26(2)3/h4-12H,1-3H3,(H,25,27)(H,22,23,24). The molecule has 0 aliphatic carbocycles. The van der Waals surface area contributed by atoms with Crippen molar-refractivity contribution >= 4 is 40.4 Å². The molecule has 138 valence electrons. The van der Waals surface area contributed by atoms with Gasteiger partial charge in [-0.1, -0.05) is 11.6 Å². The highest BCUT2D eigenvalue weighted by Crippen LogP contribution is 2.21. The van der Waals surface area contributed by atoms with Crippen LogP contribution in [0.2, 0.25) is 5.02 Å². The van der Waals surface area contributed by atoms with Gasteiger partial charge in [0.15, 0.2) is 0 Å². The fourth-order valence-electron chi connectivity index (χ4n) is 2.49. The summed E-state index contributed by atoms with van der Waals surface area (Å²) in [5, 5.41) is 6.65. The minimum Gasteiger partial charge on any atom is -0.378 e. The van der Waals surface area contributed by atoms with E-state index in [-0.39, 0.29) is 11.6 Å². The van der Waals surface area contributed by atoms with Gasteiger partial charge in [0.1, 0.15) is 17.8 Å². The number of hydrogen-bond donors (Lipinski definition) is 2. The predicted octanol–water partition coefficient (Wildman–Crippen LogP) is 4.50. The fourth-order valence-corrected chi connectivity index (χ4v) is 2.72. The van der Waals surface area contributed by atoms with E-state index in [9.17, 15) is 4.79 Å². The van der Waals surface area contributed by atoms with E-state index in [1.165, 1.54) is 6.33 Å². The Hall–Kier alpha value is -3.12. The van der Waals surface area contributed by atoms with Gasteiger partial charge in [0.05, 0.1) is 0 Å². The number of carbonyl (C=O) groups is 1. The highest BCUT2D eigenvalue weighted by Gasteiger charge is 2.11. The van der Waals surface area contributed by atoms with Crippen LogP contribution in [0.1, 0.15) is 16.1 Å². The van der Waals surface area contributed by atoms with Gasteiger partial charge < -0.3 is 15.5 Å². The van der Waals surface area contributed by atoms with Crippen molar-refractivity contribution in [2.75, 3.05) is 29.6 Å². The van der Waals surface area contributed by atoms with Crippen LogP contribution in [0.3, 0.4) is 0 Å². The van der Waals surface area contributed by atoms with Crippen molar-refractivity contribution < 1.29 is 4.79 Å². The summed E-state index contributed by atoms with van der Waals surface area (Å²) in [6, 6.07) is 14.8. The van der Waals surface area contributed by atoms with Crippen molar-refractivity contribution in [1.82, 2.24) is 9.97 Å². The molecule has 1 aromatic heterocycles. The maximum absolute atomic E-state index is 12.5. The zero-order valence-corrected chi connectivity index (χ0v) is 16.1. The summed E-state index contributed by atoms with van der Waals surface area (Å²) in [6.45, 7) is 1.88. The van der Waals surface area contributed by atoms with E-state index in [1.54, 1.807) is 24.3 Å². The molecule has 2 aromatic carbocycles. The molecular formula is C20H20ClN5O. The van der Waals surface area contributed by atoms with Crippen LogP contribution in [-0.2, 0) is 0 Å². The van der Waals surface area contributed by atoms with E-state index in [2.05, 4.69) is 20.6 Å². The number of nitrogens with zero attached hydrogens (tertiary/aromatic N) is 3. The number of hydrogen-bond acceptors (Lipinski definition) is 5. The van der Waals surface area contributed by atoms with E-state index < -0.39 is 0 Å². The highest BCUT2D eigenvalue weighted by atomic mass is 35.5. The molecule has 0 bridgehead atoms. The molecule has 3 rings (SSSR count). The van der Waals surface area contributed by atoms with Crippen LogP contribution in [-0.4, -0.2) is 30.0 Å². The lowest BCUT2D eigenvalue weighted by Crippen LogP contribution is -2.15. The first-order valence-electron chi connectivity index (χ1n) is 8.36. The summed E-state index contributed by atoms with van der Waals surface area (Å²) < 4.78 is 0. The molecule has 0 unspecified atom stereocenters. The molecule has 0 spiro atoms. The molecule has 0 radical (unpaired) electrons. The maximum Gasteiger partial charge on any atom is 0.274 e. The summed E-state index contributed by atoms with van der Waals surface area (Å²) in [6.07, 6.45) is 1.36. The Morgan fingerprint density at radius 1 is 1.04 bits per heavy atom. The Kier molecular flexibility index (Phi) is 5.57. The first-order chi connectivity index (χ1) is 12.9. The second-order valence-electron chi connectivity index (χ2n) is 6.27. The van der Waals surface area contributed by atoms with Gasteiger partial charge in [0.25, 0.3) is 5.91 Å². The number of rotatable bonds is 5. The minimum absolute atomic E-state index is 0.270. The Balaban J connectivity index is 1.73. The summed E-state index contributed by atoms with van der Waals surface area (Å²) in [5.74, 6) is 0.231. The van der Waals surface area contributed by atoms with Crippen molar-refractivity contribution in [3.05, 3.63) is 71.1 Å². The lowest BCUT2D eigenvalue weighted by molar-refractivity contribution is 0.102. The van der Waals surface area contributed by atoms with E-state index in [0.29, 0.717) is 16.5 Å².